The Kier molecular flexibility index (Phi) is 4.30. The van der Waals surface area contributed by atoms with Gasteiger partial charge in [0.05, 0.1) is 12.1 Å². The first-order valence-corrected chi connectivity index (χ1v) is 7.87. The van der Waals surface area contributed by atoms with Gasteiger partial charge in [0.1, 0.15) is 17.1 Å². The molecule has 6 nitrogen and oxygen atoms in total. The number of nitrogens with zero attached hydrogens (tertiary/aromatic N) is 3. The Morgan fingerprint density at radius 2 is 2.13 bits per heavy atom. The molecule has 6 heteroatoms. The number of pyridine rings is 2. The van der Waals surface area contributed by atoms with Crippen molar-refractivity contribution >= 4 is 11.0 Å². The molecule has 0 atom stereocenters. The van der Waals surface area contributed by atoms with E-state index in [1.807, 2.05) is 0 Å². The van der Waals surface area contributed by atoms with E-state index in [0.717, 1.165) is 25.7 Å². The van der Waals surface area contributed by atoms with Crippen molar-refractivity contribution < 1.29 is 4.74 Å². The van der Waals surface area contributed by atoms with E-state index in [1.54, 1.807) is 13.1 Å². The molecule has 1 aliphatic rings. The first-order valence-electron chi connectivity index (χ1n) is 7.87. The van der Waals surface area contributed by atoms with Gasteiger partial charge in [-0.1, -0.05) is 0 Å². The summed E-state index contributed by atoms with van der Waals surface area (Å²) in [4.78, 5) is 16.2. The molecule has 2 heterocycles. The second kappa shape index (κ2) is 6.39. The van der Waals surface area contributed by atoms with Crippen molar-refractivity contribution in [3.05, 3.63) is 34.2 Å². The van der Waals surface area contributed by atoms with Crippen LogP contribution in [-0.4, -0.2) is 22.2 Å². The normalized spacial score (nSPS) is 21.1. The fourth-order valence-corrected chi connectivity index (χ4v) is 3.10. The number of hydrogen-bond donors (Lipinski definition) is 1. The minimum absolute atomic E-state index is 0.150. The minimum Gasteiger partial charge on any atom is -0.490 e. The molecule has 2 aromatic rings. The third-order valence-corrected chi connectivity index (χ3v) is 4.56. The van der Waals surface area contributed by atoms with Crippen LogP contribution in [0.15, 0.2) is 23.1 Å². The molecule has 1 fully saturated rings. The number of rotatable bonds is 3. The maximum absolute atomic E-state index is 11.9. The highest BCUT2D eigenvalue weighted by Gasteiger charge is 2.21. The first-order chi connectivity index (χ1) is 11.1. The Bertz CT molecular complexity index is 814. The van der Waals surface area contributed by atoms with Crippen LogP contribution in [0.5, 0.6) is 5.75 Å². The van der Waals surface area contributed by atoms with Gasteiger partial charge in [-0.15, -0.1) is 0 Å². The topological polar surface area (TPSA) is 93.9 Å². The summed E-state index contributed by atoms with van der Waals surface area (Å²) in [6.07, 6.45) is 5.58. The molecule has 1 saturated carbocycles. The van der Waals surface area contributed by atoms with Crippen LogP contribution < -0.4 is 16.0 Å². The third-order valence-electron chi connectivity index (χ3n) is 4.56. The van der Waals surface area contributed by atoms with Crippen LogP contribution in [0.25, 0.3) is 11.0 Å². The maximum atomic E-state index is 11.9. The molecular weight excluding hydrogens is 292 g/mol. The third kappa shape index (κ3) is 3.06. The van der Waals surface area contributed by atoms with E-state index < -0.39 is 0 Å². The van der Waals surface area contributed by atoms with Crippen LogP contribution >= 0.6 is 0 Å². The number of nitrogens with two attached hydrogens (primary N) is 1. The molecule has 0 bridgehead atoms. The summed E-state index contributed by atoms with van der Waals surface area (Å²) in [5, 5.41) is 9.34. The number of hydrogen-bond acceptors (Lipinski definition) is 5. The molecule has 120 valence electrons. The molecule has 0 amide bonds. The van der Waals surface area contributed by atoms with Crippen molar-refractivity contribution in [3.8, 4) is 11.8 Å². The fourth-order valence-electron chi connectivity index (χ4n) is 3.10. The van der Waals surface area contributed by atoms with E-state index in [1.165, 1.54) is 16.8 Å². The predicted molar refractivity (Wildman–Crippen MR) is 87.1 cm³/mol. The van der Waals surface area contributed by atoms with Crippen LogP contribution in [0.2, 0.25) is 0 Å². The quantitative estimate of drug-likeness (QED) is 0.931. The Labute approximate surface area is 134 Å². The van der Waals surface area contributed by atoms with Crippen molar-refractivity contribution in [3.63, 3.8) is 0 Å². The molecule has 0 spiro atoms. The van der Waals surface area contributed by atoms with E-state index in [0.29, 0.717) is 40.9 Å². The molecule has 2 N–H and O–H groups in total. The lowest BCUT2D eigenvalue weighted by Crippen LogP contribution is -2.29. The van der Waals surface area contributed by atoms with Gasteiger partial charge >= 0.3 is 0 Å². The lowest BCUT2D eigenvalue weighted by atomic mass is 9.87. The van der Waals surface area contributed by atoms with Gasteiger partial charge in [0.25, 0.3) is 5.56 Å². The number of ether oxygens (including phenoxy) is 1. The largest absolute Gasteiger partial charge is 0.490 e. The second-order valence-electron chi connectivity index (χ2n) is 6.17. The second-order valence-corrected chi connectivity index (χ2v) is 6.17. The van der Waals surface area contributed by atoms with E-state index in [4.69, 9.17) is 10.5 Å². The maximum Gasteiger partial charge on any atom is 0.250 e. The first kappa shape index (κ1) is 15.5. The van der Waals surface area contributed by atoms with Crippen molar-refractivity contribution in [2.75, 3.05) is 6.61 Å². The average Bonchev–Trinajstić information content (AvgIpc) is 2.57. The lowest BCUT2D eigenvalue weighted by Gasteiger charge is -2.26. The number of nitriles is 1. The molecule has 0 unspecified atom stereocenters. The molecule has 0 aromatic carbocycles. The van der Waals surface area contributed by atoms with Gasteiger partial charge in [0.15, 0.2) is 5.75 Å². The van der Waals surface area contributed by atoms with Crippen LogP contribution in [0, 0.1) is 17.2 Å². The molecule has 0 radical (unpaired) electrons. The van der Waals surface area contributed by atoms with Crippen LogP contribution in [0.3, 0.4) is 0 Å². The Balaban J connectivity index is 1.94. The highest BCUT2D eigenvalue weighted by Crippen LogP contribution is 2.29. The molecule has 3 rings (SSSR count). The highest BCUT2D eigenvalue weighted by atomic mass is 16.5. The zero-order valence-electron chi connectivity index (χ0n) is 13.2. The monoisotopic (exact) mass is 312 g/mol. The molecule has 1 aliphatic carbocycles. The molecule has 23 heavy (non-hydrogen) atoms. The predicted octanol–water partition coefficient (Wildman–Crippen LogP) is 1.70. The zero-order valence-corrected chi connectivity index (χ0v) is 13.2. The van der Waals surface area contributed by atoms with Crippen LogP contribution in [0.4, 0.5) is 0 Å². The Morgan fingerprint density at radius 1 is 1.39 bits per heavy atom. The van der Waals surface area contributed by atoms with Crippen molar-refractivity contribution in [2.45, 2.75) is 31.7 Å². The molecule has 0 saturated heterocycles. The lowest BCUT2D eigenvalue weighted by molar-refractivity contribution is 0.201. The van der Waals surface area contributed by atoms with Crippen molar-refractivity contribution in [1.82, 2.24) is 9.55 Å². The number of aryl methyl sites for hydroxylation is 1. The van der Waals surface area contributed by atoms with Gasteiger partial charge in [-0.3, -0.25) is 9.78 Å². The van der Waals surface area contributed by atoms with Gasteiger partial charge < -0.3 is 15.0 Å². The zero-order chi connectivity index (χ0) is 16.4. The van der Waals surface area contributed by atoms with Gasteiger partial charge in [0, 0.05) is 25.4 Å². The van der Waals surface area contributed by atoms with E-state index in [2.05, 4.69) is 11.1 Å². The summed E-state index contributed by atoms with van der Waals surface area (Å²) in [5.74, 6) is 0.887. The highest BCUT2D eigenvalue weighted by molar-refractivity contribution is 5.83. The smallest absolute Gasteiger partial charge is 0.250 e. The summed E-state index contributed by atoms with van der Waals surface area (Å²) >= 11 is 0. The summed E-state index contributed by atoms with van der Waals surface area (Å²) in [6.45, 7) is 0.531. The van der Waals surface area contributed by atoms with Crippen LogP contribution in [0.1, 0.15) is 31.2 Å². The number of aromatic nitrogens is 2. The van der Waals surface area contributed by atoms with Gasteiger partial charge in [-0.2, -0.15) is 5.26 Å². The SMILES string of the molecule is Cn1c(=O)ccc2ncc(C#N)c(OC[C@H]3CC[C@H](N)CC3)c21. The molecule has 0 aliphatic heterocycles. The van der Waals surface area contributed by atoms with Gasteiger partial charge in [0.2, 0.25) is 0 Å². The molecular formula is C17H20N4O2. The van der Waals surface area contributed by atoms with Crippen molar-refractivity contribution in [1.29, 1.82) is 5.26 Å². The summed E-state index contributed by atoms with van der Waals surface area (Å²) in [5.41, 5.74) is 7.35. The van der Waals surface area contributed by atoms with Crippen LogP contribution in [-0.2, 0) is 7.05 Å². The van der Waals surface area contributed by atoms with E-state index in [-0.39, 0.29) is 5.56 Å². The fraction of sp³-hybridized carbons (Fsp3) is 0.471. The van der Waals surface area contributed by atoms with Gasteiger partial charge in [-0.25, -0.2) is 0 Å². The summed E-state index contributed by atoms with van der Waals surface area (Å²) < 4.78 is 7.47. The van der Waals surface area contributed by atoms with E-state index >= 15 is 0 Å². The van der Waals surface area contributed by atoms with Gasteiger partial charge in [-0.05, 0) is 37.7 Å². The number of fused-ring (bicyclic) bond motifs is 1. The summed E-state index contributed by atoms with van der Waals surface area (Å²) in [7, 11) is 1.67. The standard InChI is InChI=1S/C17H20N4O2/c1-21-15(22)7-6-14-16(21)17(12(8-18)9-20-14)23-10-11-2-4-13(19)5-3-11/h6-7,9,11,13H,2-5,10,19H2,1H3/t11-,13-. The summed E-state index contributed by atoms with van der Waals surface area (Å²) in [6, 6.07) is 5.53. The van der Waals surface area contributed by atoms with Crippen molar-refractivity contribution in [2.24, 2.45) is 18.7 Å². The average molecular weight is 312 g/mol. The molecule has 2 aromatic heterocycles. The minimum atomic E-state index is -0.150. The Morgan fingerprint density at radius 3 is 2.83 bits per heavy atom. The Hall–Kier alpha value is -2.39. The van der Waals surface area contributed by atoms with E-state index in [9.17, 15) is 10.1 Å².